The second-order valence-corrected chi connectivity index (χ2v) is 7.35. The molecule has 0 heterocycles. The molecular weight excluding hydrogens is 292 g/mol. The van der Waals surface area contributed by atoms with Gasteiger partial charge in [-0.25, -0.2) is 0 Å². The molecule has 0 N–H and O–H groups in total. The topological polar surface area (TPSA) is 0 Å². The van der Waals surface area contributed by atoms with Gasteiger partial charge in [0.05, 0.1) is 0 Å². The maximum Gasteiger partial charge on any atom is -0.00979 e. The van der Waals surface area contributed by atoms with Crippen LogP contribution < -0.4 is 0 Å². The minimum Gasteiger partial charge on any atom is -0.179 e. The zero-order valence-electron chi connectivity index (χ0n) is 14.3. The summed E-state index contributed by atoms with van der Waals surface area (Å²) in [6, 6.07) is 0. The van der Waals surface area contributed by atoms with Crippen molar-refractivity contribution in [2.75, 3.05) is 11.5 Å². The van der Waals surface area contributed by atoms with Gasteiger partial charge in [-0.15, -0.1) is 0 Å². The van der Waals surface area contributed by atoms with Crippen LogP contribution in [0.2, 0.25) is 0 Å². The van der Waals surface area contributed by atoms with E-state index in [4.69, 9.17) is 0 Å². The van der Waals surface area contributed by atoms with E-state index in [0.29, 0.717) is 0 Å². The Hall–Kier alpha value is 0.700. The Morgan fingerprint density at radius 3 is 0.524 bits per heavy atom. The van der Waals surface area contributed by atoms with E-state index in [0.717, 1.165) is 11.5 Å². The van der Waals surface area contributed by atoms with Gasteiger partial charge in [-0.1, -0.05) is 96.3 Å². The molecule has 128 valence electrons. The lowest BCUT2D eigenvalue weighted by Crippen LogP contribution is -1.84. The molecule has 0 fully saturated rings. The van der Waals surface area contributed by atoms with Crippen LogP contribution in [0.15, 0.2) is 0 Å². The highest BCUT2D eigenvalue weighted by Crippen LogP contribution is 2.14. The molecule has 0 nitrogen and oxygen atoms in total. The molecule has 0 aromatic rings. The van der Waals surface area contributed by atoms with Crippen molar-refractivity contribution in [1.29, 1.82) is 0 Å². The van der Waals surface area contributed by atoms with Crippen molar-refractivity contribution in [1.82, 2.24) is 0 Å². The number of unbranched alkanes of at least 4 members (excludes halogenated alkanes) is 16. The van der Waals surface area contributed by atoms with E-state index in [9.17, 15) is 0 Å². The minimum atomic E-state index is 1.07. The molecule has 0 rings (SSSR count). The number of rotatable bonds is 18. The summed E-state index contributed by atoms with van der Waals surface area (Å²) in [7, 11) is 0. The van der Waals surface area contributed by atoms with E-state index in [2.05, 4.69) is 25.3 Å². The monoisotopic (exact) mass is 332 g/mol. The van der Waals surface area contributed by atoms with E-state index in [1.807, 2.05) is 0 Å². The van der Waals surface area contributed by atoms with Crippen molar-refractivity contribution in [2.24, 2.45) is 0 Å². The molecule has 0 aliphatic carbocycles. The summed E-state index contributed by atoms with van der Waals surface area (Å²) in [5, 5.41) is 0. The fraction of sp³-hybridized carbons (Fsp3) is 1.00. The van der Waals surface area contributed by atoms with E-state index in [-0.39, 0.29) is 0 Å². The van der Waals surface area contributed by atoms with Crippen LogP contribution in [0.1, 0.15) is 109 Å². The number of hydrogen-bond donors (Lipinski definition) is 2. The standard InChI is InChI=1S/C19H40S2/c20-18-16-14-12-10-8-6-4-2-1-3-5-7-9-11-13-15-17-19-21/h20-21H,1-19H2. The first kappa shape index (κ1) is 21.7. The predicted octanol–water partition coefficient (Wildman–Crippen LogP) is 7.48. The molecule has 21 heavy (non-hydrogen) atoms. The Morgan fingerprint density at radius 2 is 0.381 bits per heavy atom. The fourth-order valence-corrected chi connectivity index (χ4v) is 3.32. The third kappa shape index (κ3) is 20.7. The van der Waals surface area contributed by atoms with Gasteiger partial charge in [0, 0.05) is 0 Å². The molecule has 0 aromatic carbocycles. The van der Waals surface area contributed by atoms with Crippen molar-refractivity contribution >= 4 is 25.3 Å². The summed E-state index contributed by atoms with van der Waals surface area (Å²) < 4.78 is 0. The highest BCUT2D eigenvalue weighted by molar-refractivity contribution is 7.80. The Labute approximate surface area is 146 Å². The molecule has 0 aromatic heterocycles. The first-order chi connectivity index (χ1) is 10.4. The summed E-state index contributed by atoms with van der Waals surface area (Å²) in [6.07, 6.45) is 24.3. The fourth-order valence-electron chi connectivity index (χ4n) is 2.88. The molecular formula is C19H40S2. The summed E-state index contributed by atoms with van der Waals surface area (Å²) in [5.74, 6) is 2.13. The smallest absolute Gasteiger partial charge is 0.00979 e. The van der Waals surface area contributed by atoms with Gasteiger partial charge in [0.2, 0.25) is 0 Å². The number of hydrogen-bond acceptors (Lipinski definition) is 2. The maximum atomic E-state index is 4.25. The molecule has 0 saturated heterocycles. The lowest BCUT2D eigenvalue weighted by molar-refractivity contribution is 0.529. The van der Waals surface area contributed by atoms with Gasteiger partial charge in [0.1, 0.15) is 0 Å². The maximum absolute atomic E-state index is 4.25. The zero-order valence-corrected chi connectivity index (χ0v) is 16.1. The molecule has 2 heteroatoms. The first-order valence-electron chi connectivity index (χ1n) is 9.63. The van der Waals surface area contributed by atoms with Crippen LogP contribution >= 0.6 is 25.3 Å². The van der Waals surface area contributed by atoms with E-state index in [1.165, 1.54) is 109 Å². The average Bonchev–Trinajstić information content (AvgIpc) is 2.50. The molecule has 0 aliphatic heterocycles. The Morgan fingerprint density at radius 1 is 0.238 bits per heavy atom. The molecule has 0 aliphatic rings. The third-order valence-corrected chi connectivity index (χ3v) is 4.95. The summed E-state index contributed by atoms with van der Waals surface area (Å²) in [5.41, 5.74) is 0. The largest absolute Gasteiger partial charge is 0.179 e. The van der Waals surface area contributed by atoms with Crippen LogP contribution in [0.5, 0.6) is 0 Å². The van der Waals surface area contributed by atoms with Gasteiger partial charge in [-0.3, -0.25) is 0 Å². The minimum absolute atomic E-state index is 1.07. The van der Waals surface area contributed by atoms with Crippen molar-refractivity contribution in [3.63, 3.8) is 0 Å². The zero-order chi connectivity index (χ0) is 15.4. The number of thiol groups is 2. The van der Waals surface area contributed by atoms with Crippen LogP contribution in [0.25, 0.3) is 0 Å². The van der Waals surface area contributed by atoms with Gasteiger partial charge in [0.15, 0.2) is 0 Å². The Kier molecular flexibility index (Phi) is 21.4. The highest BCUT2D eigenvalue weighted by atomic mass is 32.1. The second-order valence-electron chi connectivity index (χ2n) is 6.46. The van der Waals surface area contributed by atoms with Crippen molar-refractivity contribution in [2.45, 2.75) is 109 Å². The van der Waals surface area contributed by atoms with Crippen molar-refractivity contribution in [3.8, 4) is 0 Å². The molecule has 0 bridgehead atoms. The van der Waals surface area contributed by atoms with Crippen LogP contribution in [-0.4, -0.2) is 11.5 Å². The SMILES string of the molecule is SCCCCCCCCCCCCCCCCCCCS. The van der Waals surface area contributed by atoms with Crippen molar-refractivity contribution < 1.29 is 0 Å². The third-order valence-electron chi connectivity index (χ3n) is 4.32. The summed E-state index contributed by atoms with van der Waals surface area (Å²) in [4.78, 5) is 0. The normalized spacial score (nSPS) is 11.1. The van der Waals surface area contributed by atoms with E-state index >= 15 is 0 Å². The average molecular weight is 333 g/mol. The van der Waals surface area contributed by atoms with Gasteiger partial charge in [0.25, 0.3) is 0 Å². The summed E-state index contributed by atoms with van der Waals surface area (Å²) in [6.45, 7) is 0. The van der Waals surface area contributed by atoms with Gasteiger partial charge >= 0.3 is 0 Å². The van der Waals surface area contributed by atoms with E-state index < -0.39 is 0 Å². The first-order valence-corrected chi connectivity index (χ1v) is 10.9. The molecule has 0 radical (unpaired) electrons. The summed E-state index contributed by atoms with van der Waals surface area (Å²) >= 11 is 8.50. The van der Waals surface area contributed by atoms with Gasteiger partial charge in [-0.05, 0) is 24.3 Å². The van der Waals surface area contributed by atoms with E-state index in [1.54, 1.807) is 0 Å². The highest BCUT2D eigenvalue weighted by Gasteiger charge is 1.94. The second kappa shape index (κ2) is 20.7. The van der Waals surface area contributed by atoms with Gasteiger partial charge < -0.3 is 0 Å². The lowest BCUT2D eigenvalue weighted by Gasteiger charge is -2.03. The molecule has 0 unspecified atom stereocenters. The van der Waals surface area contributed by atoms with Crippen LogP contribution in [0.3, 0.4) is 0 Å². The molecule has 0 amide bonds. The van der Waals surface area contributed by atoms with Crippen LogP contribution in [0, 0.1) is 0 Å². The Balaban J connectivity index is 2.90. The van der Waals surface area contributed by atoms with Crippen LogP contribution in [-0.2, 0) is 0 Å². The molecule has 0 spiro atoms. The predicted molar refractivity (Wildman–Crippen MR) is 106 cm³/mol. The Bertz CT molecular complexity index is 153. The molecule has 0 atom stereocenters. The quantitative estimate of drug-likeness (QED) is 0.189. The van der Waals surface area contributed by atoms with Gasteiger partial charge in [-0.2, -0.15) is 25.3 Å². The van der Waals surface area contributed by atoms with Crippen molar-refractivity contribution in [3.05, 3.63) is 0 Å². The van der Waals surface area contributed by atoms with Crippen LogP contribution in [0.4, 0.5) is 0 Å². The lowest BCUT2D eigenvalue weighted by atomic mass is 10.0. The molecule has 0 saturated carbocycles.